The molecule has 0 saturated heterocycles. The number of para-hydroxylation sites is 1. The van der Waals surface area contributed by atoms with Crippen LogP contribution in [0.3, 0.4) is 0 Å². The van der Waals surface area contributed by atoms with E-state index in [1.54, 1.807) is 12.3 Å². The van der Waals surface area contributed by atoms with Gasteiger partial charge in [0.1, 0.15) is 5.58 Å². The third kappa shape index (κ3) is 3.47. The predicted octanol–water partition coefficient (Wildman–Crippen LogP) is 5.88. The van der Waals surface area contributed by atoms with Crippen molar-refractivity contribution in [2.24, 2.45) is 5.10 Å². The van der Waals surface area contributed by atoms with Gasteiger partial charge in [0.05, 0.1) is 6.21 Å². The fourth-order valence-corrected chi connectivity index (χ4v) is 3.62. The largest absolute Gasteiger partial charge is 0.451 e. The molecule has 0 radical (unpaired) electrons. The highest BCUT2D eigenvalue weighted by atomic mass is 79.9. The van der Waals surface area contributed by atoms with Gasteiger partial charge in [-0.25, -0.2) is 5.43 Å². The molecule has 5 nitrogen and oxygen atoms in total. The molecular weight excluding hydrogens is 418 g/mol. The number of halogens is 1. The van der Waals surface area contributed by atoms with E-state index < -0.39 is 0 Å². The second kappa shape index (κ2) is 7.64. The standard InChI is InChI=1S/C22H20BrN3O2/c1-3-14(2)26-13-16(18-6-4-5-7-19(18)26)12-24-25-22(27)21-11-15-10-17(23)8-9-20(15)28-21/h4-14H,3H2,1-2H3,(H,25,27)/b24-12+. The number of fused-ring (bicyclic) bond motifs is 2. The van der Waals surface area contributed by atoms with Gasteiger partial charge in [0.15, 0.2) is 5.76 Å². The zero-order valence-corrected chi connectivity index (χ0v) is 17.2. The smallest absolute Gasteiger partial charge is 0.307 e. The summed E-state index contributed by atoms with van der Waals surface area (Å²) < 4.78 is 8.78. The van der Waals surface area contributed by atoms with Crippen molar-refractivity contribution in [3.05, 3.63) is 70.5 Å². The Hall–Kier alpha value is -2.86. The van der Waals surface area contributed by atoms with Crippen LogP contribution in [0.5, 0.6) is 0 Å². The van der Waals surface area contributed by atoms with Crippen LogP contribution in [0.2, 0.25) is 0 Å². The minimum atomic E-state index is -0.380. The minimum Gasteiger partial charge on any atom is -0.451 e. The number of aromatic nitrogens is 1. The fraction of sp³-hybridized carbons (Fsp3) is 0.182. The van der Waals surface area contributed by atoms with Gasteiger partial charge in [0, 0.05) is 38.6 Å². The third-order valence-electron chi connectivity index (χ3n) is 4.91. The number of rotatable bonds is 5. The molecule has 142 valence electrons. The molecule has 0 saturated carbocycles. The van der Waals surface area contributed by atoms with Crippen LogP contribution in [0.25, 0.3) is 21.9 Å². The van der Waals surface area contributed by atoms with Gasteiger partial charge in [-0.3, -0.25) is 4.79 Å². The molecule has 1 amide bonds. The molecule has 1 atom stereocenters. The van der Waals surface area contributed by atoms with Gasteiger partial charge in [-0.05, 0) is 43.7 Å². The van der Waals surface area contributed by atoms with Crippen LogP contribution in [0, 0.1) is 0 Å². The average molecular weight is 438 g/mol. The van der Waals surface area contributed by atoms with E-state index >= 15 is 0 Å². The van der Waals surface area contributed by atoms with Crippen LogP contribution in [-0.2, 0) is 0 Å². The first-order chi connectivity index (χ1) is 13.6. The average Bonchev–Trinajstić information content (AvgIpc) is 3.29. The number of amides is 1. The highest BCUT2D eigenvalue weighted by molar-refractivity contribution is 9.10. The van der Waals surface area contributed by atoms with Crippen LogP contribution < -0.4 is 5.43 Å². The lowest BCUT2D eigenvalue weighted by Gasteiger charge is -2.12. The summed E-state index contributed by atoms with van der Waals surface area (Å²) in [5, 5.41) is 6.11. The number of hydrogen-bond donors (Lipinski definition) is 1. The molecule has 0 aliphatic rings. The lowest BCUT2D eigenvalue weighted by molar-refractivity contribution is 0.0929. The molecule has 2 aromatic carbocycles. The summed E-state index contributed by atoms with van der Waals surface area (Å²) in [6.07, 6.45) is 4.79. The van der Waals surface area contributed by atoms with Crippen molar-refractivity contribution in [3.8, 4) is 0 Å². The molecule has 4 rings (SSSR count). The quantitative estimate of drug-likeness (QED) is 0.312. The van der Waals surface area contributed by atoms with Gasteiger partial charge >= 0.3 is 5.91 Å². The first-order valence-electron chi connectivity index (χ1n) is 9.19. The van der Waals surface area contributed by atoms with E-state index in [-0.39, 0.29) is 11.7 Å². The summed E-state index contributed by atoms with van der Waals surface area (Å²) in [5.41, 5.74) is 5.34. The molecule has 0 spiro atoms. The summed E-state index contributed by atoms with van der Waals surface area (Å²) in [4.78, 5) is 12.4. The first-order valence-corrected chi connectivity index (χ1v) is 9.98. The number of hydrazone groups is 1. The Morgan fingerprint density at radius 1 is 1.29 bits per heavy atom. The van der Waals surface area contributed by atoms with E-state index in [0.717, 1.165) is 32.7 Å². The van der Waals surface area contributed by atoms with E-state index in [0.29, 0.717) is 11.6 Å². The number of carbonyl (C=O) groups is 1. The minimum absolute atomic E-state index is 0.229. The molecule has 2 heterocycles. The lowest BCUT2D eigenvalue weighted by atomic mass is 10.2. The molecule has 4 aromatic rings. The summed E-state index contributed by atoms with van der Waals surface area (Å²) in [5.74, 6) is -0.151. The van der Waals surface area contributed by atoms with Crippen LogP contribution >= 0.6 is 15.9 Å². The van der Waals surface area contributed by atoms with Crippen molar-refractivity contribution in [3.63, 3.8) is 0 Å². The molecule has 0 bridgehead atoms. The Bertz CT molecular complexity index is 1190. The molecule has 0 aliphatic heterocycles. The Morgan fingerprint density at radius 2 is 2.11 bits per heavy atom. The van der Waals surface area contributed by atoms with Gasteiger partial charge in [0.2, 0.25) is 0 Å². The molecule has 6 heteroatoms. The molecule has 0 fully saturated rings. The zero-order chi connectivity index (χ0) is 19.7. The SMILES string of the molecule is CCC(C)n1cc(/C=N/NC(=O)c2cc3cc(Br)ccc3o2)c2ccccc21. The molecule has 1 unspecified atom stereocenters. The van der Waals surface area contributed by atoms with Gasteiger partial charge in [-0.2, -0.15) is 5.10 Å². The van der Waals surface area contributed by atoms with Crippen molar-refractivity contribution < 1.29 is 9.21 Å². The molecule has 28 heavy (non-hydrogen) atoms. The third-order valence-corrected chi connectivity index (χ3v) is 5.40. The summed E-state index contributed by atoms with van der Waals surface area (Å²) in [6.45, 7) is 4.36. The Balaban J connectivity index is 1.56. The van der Waals surface area contributed by atoms with Crippen LogP contribution in [0.1, 0.15) is 42.4 Å². The summed E-state index contributed by atoms with van der Waals surface area (Å²) in [6, 6.07) is 15.9. The van der Waals surface area contributed by atoms with Gasteiger partial charge < -0.3 is 8.98 Å². The molecule has 1 N–H and O–H groups in total. The Labute approximate surface area is 171 Å². The first kappa shape index (κ1) is 18.5. The van der Waals surface area contributed by atoms with E-state index in [2.05, 4.69) is 63.2 Å². The zero-order valence-electron chi connectivity index (χ0n) is 15.6. The topological polar surface area (TPSA) is 59.5 Å². The fourth-order valence-electron chi connectivity index (χ4n) is 3.24. The van der Waals surface area contributed by atoms with E-state index in [4.69, 9.17) is 4.42 Å². The van der Waals surface area contributed by atoms with Gasteiger partial charge in [-0.1, -0.05) is 41.1 Å². The highest BCUT2D eigenvalue weighted by Crippen LogP contribution is 2.25. The van der Waals surface area contributed by atoms with E-state index in [9.17, 15) is 4.79 Å². The Kier molecular flexibility index (Phi) is 5.05. The monoisotopic (exact) mass is 437 g/mol. The highest BCUT2D eigenvalue weighted by Gasteiger charge is 2.13. The van der Waals surface area contributed by atoms with E-state index in [1.807, 2.05) is 30.3 Å². The van der Waals surface area contributed by atoms with Crippen molar-refractivity contribution in [1.29, 1.82) is 0 Å². The van der Waals surface area contributed by atoms with Crippen molar-refractivity contribution in [2.45, 2.75) is 26.3 Å². The maximum Gasteiger partial charge on any atom is 0.307 e. The molecular formula is C22H20BrN3O2. The van der Waals surface area contributed by atoms with Crippen LogP contribution in [-0.4, -0.2) is 16.7 Å². The summed E-state index contributed by atoms with van der Waals surface area (Å²) >= 11 is 3.42. The Morgan fingerprint density at radius 3 is 2.93 bits per heavy atom. The van der Waals surface area contributed by atoms with Crippen molar-refractivity contribution in [1.82, 2.24) is 9.99 Å². The normalized spacial score (nSPS) is 12.8. The second-order valence-corrected chi connectivity index (χ2v) is 7.67. The number of nitrogens with zero attached hydrogens (tertiary/aromatic N) is 2. The maximum atomic E-state index is 12.4. The lowest BCUT2D eigenvalue weighted by Crippen LogP contribution is -2.16. The molecule has 2 aromatic heterocycles. The number of furan rings is 1. The second-order valence-electron chi connectivity index (χ2n) is 6.76. The van der Waals surface area contributed by atoms with E-state index in [1.165, 1.54) is 0 Å². The molecule has 0 aliphatic carbocycles. The maximum absolute atomic E-state index is 12.4. The van der Waals surface area contributed by atoms with Crippen molar-refractivity contribution >= 4 is 49.9 Å². The number of hydrogen-bond acceptors (Lipinski definition) is 3. The van der Waals surface area contributed by atoms with Gasteiger partial charge in [-0.15, -0.1) is 0 Å². The number of benzene rings is 2. The van der Waals surface area contributed by atoms with Crippen molar-refractivity contribution in [2.75, 3.05) is 0 Å². The number of carbonyl (C=O) groups excluding carboxylic acids is 1. The van der Waals surface area contributed by atoms with Crippen LogP contribution in [0.4, 0.5) is 0 Å². The predicted molar refractivity (Wildman–Crippen MR) is 116 cm³/mol. The summed E-state index contributed by atoms with van der Waals surface area (Å²) in [7, 11) is 0. The van der Waals surface area contributed by atoms with Crippen LogP contribution in [0.15, 0.2) is 68.7 Å². The number of nitrogens with one attached hydrogen (secondary N) is 1. The van der Waals surface area contributed by atoms with Gasteiger partial charge in [0.25, 0.3) is 0 Å².